The molecule has 0 spiro atoms. The van der Waals surface area contributed by atoms with Crippen LogP contribution < -0.4 is 0 Å². The van der Waals surface area contributed by atoms with Crippen molar-refractivity contribution in [2.24, 2.45) is 0 Å². The van der Waals surface area contributed by atoms with Crippen LogP contribution in [0.25, 0.3) is 22.4 Å². The van der Waals surface area contributed by atoms with Crippen molar-refractivity contribution in [3.05, 3.63) is 70.9 Å². The van der Waals surface area contributed by atoms with Gasteiger partial charge in [0, 0.05) is 11.3 Å². The van der Waals surface area contributed by atoms with E-state index in [0.29, 0.717) is 5.69 Å². The van der Waals surface area contributed by atoms with Gasteiger partial charge in [-0.15, -0.1) is 0 Å². The van der Waals surface area contributed by atoms with Gasteiger partial charge in [0.1, 0.15) is 0 Å². The molecule has 0 fully saturated rings. The van der Waals surface area contributed by atoms with E-state index >= 15 is 0 Å². The van der Waals surface area contributed by atoms with Crippen LogP contribution in [-0.4, -0.2) is 11.3 Å². The number of aromatic amines is 1. The van der Waals surface area contributed by atoms with E-state index in [0.717, 1.165) is 28.7 Å². The minimum absolute atomic E-state index is 0.131. The number of aromatic nitrogens is 1. The van der Waals surface area contributed by atoms with Gasteiger partial charge in [-0.3, -0.25) is 4.79 Å². The molecule has 0 bridgehead atoms. The molecule has 0 amide bonds. The van der Waals surface area contributed by atoms with Crippen LogP contribution in [0.4, 0.5) is 0 Å². The molecule has 2 heteroatoms. The van der Waals surface area contributed by atoms with Crippen molar-refractivity contribution in [2.45, 2.75) is 53.9 Å². The van der Waals surface area contributed by atoms with Crippen molar-refractivity contribution >= 4 is 6.29 Å². The summed E-state index contributed by atoms with van der Waals surface area (Å²) in [5.41, 5.74) is 8.58. The maximum atomic E-state index is 11.6. The van der Waals surface area contributed by atoms with Gasteiger partial charge in [0.25, 0.3) is 0 Å². The first kappa shape index (κ1) is 20.7. The van der Waals surface area contributed by atoms with Crippen LogP contribution in [0.3, 0.4) is 0 Å². The molecule has 3 rings (SSSR count). The van der Waals surface area contributed by atoms with Crippen LogP contribution in [-0.2, 0) is 5.41 Å². The summed E-state index contributed by atoms with van der Waals surface area (Å²) in [7, 11) is 0. The predicted octanol–water partition coefficient (Wildman–Crippen LogP) is 7.10. The van der Waals surface area contributed by atoms with Gasteiger partial charge < -0.3 is 4.98 Å². The summed E-state index contributed by atoms with van der Waals surface area (Å²) < 4.78 is 0. The number of benzene rings is 2. The fourth-order valence-electron chi connectivity index (χ4n) is 3.21. The summed E-state index contributed by atoms with van der Waals surface area (Å²) in [6.45, 7) is 14.8. The molecule has 0 saturated carbocycles. The Kier molecular flexibility index (Phi) is 6.43. The van der Waals surface area contributed by atoms with Crippen molar-refractivity contribution in [3.63, 3.8) is 0 Å². The first-order valence-corrected chi connectivity index (χ1v) is 9.66. The Labute approximate surface area is 163 Å². The maximum Gasteiger partial charge on any atom is 0.166 e. The standard InChI is InChI=1S/C23H25NO.C2H6/c1-15-6-11-19(16(2)12-15)20-13-21(24-22(20)14-25)17-7-9-18(10-8-17)23(3,4)5;1-2/h6-14,24H,1-5H3;1-2H3. The van der Waals surface area contributed by atoms with E-state index in [1.807, 2.05) is 13.8 Å². The van der Waals surface area contributed by atoms with Crippen LogP contribution >= 0.6 is 0 Å². The molecule has 1 aromatic heterocycles. The average Bonchev–Trinajstić information content (AvgIpc) is 3.07. The molecule has 0 aliphatic carbocycles. The van der Waals surface area contributed by atoms with E-state index < -0.39 is 0 Å². The molecular formula is C25H31NO. The van der Waals surface area contributed by atoms with E-state index in [1.54, 1.807) is 0 Å². The number of H-pyrrole nitrogens is 1. The summed E-state index contributed by atoms with van der Waals surface area (Å²) in [6, 6.07) is 17.0. The zero-order valence-corrected chi connectivity index (χ0v) is 17.6. The molecule has 2 aromatic carbocycles. The van der Waals surface area contributed by atoms with Gasteiger partial charge in [-0.2, -0.15) is 0 Å². The van der Waals surface area contributed by atoms with Crippen molar-refractivity contribution < 1.29 is 4.79 Å². The number of aryl methyl sites for hydroxylation is 2. The van der Waals surface area contributed by atoms with E-state index in [2.05, 4.69) is 88.1 Å². The lowest BCUT2D eigenvalue weighted by atomic mass is 9.86. The number of carbonyl (C=O) groups is 1. The van der Waals surface area contributed by atoms with Gasteiger partial charge in [0.15, 0.2) is 6.29 Å². The van der Waals surface area contributed by atoms with Gasteiger partial charge in [-0.05, 0) is 47.6 Å². The lowest BCUT2D eigenvalue weighted by molar-refractivity contribution is 0.112. The van der Waals surface area contributed by atoms with E-state index in [1.165, 1.54) is 16.7 Å². The molecule has 3 aromatic rings. The Bertz CT molecular complexity index is 908. The zero-order chi connectivity index (χ0) is 20.2. The smallest absolute Gasteiger partial charge is 0.166 e. The topological polar surface area (TPSA) is 32.9 Å². The highest BCUT2D eigenvalue weighted by Crippen LogP contribution is 2.32. The largest absolute Gasteiger partial charge is 0.352 e. The predicted molar refractivity (Wildman–Crippen MR) is 117 cm³/mol. The van der Waals surface area contributed by atoms with Gasteiger partial charge in [0.05, 0.1) is 5.69 Å². The lowest BCUT2D eigenvalue weighted by Crippen LogP contribution is -2.10. The van der Waals surface area contributed by atoms with Crippen molar-refractivity contribution in [1.82, 2.24) is 4.98 Å². The highest BCUT2D eigenvalue weighted by atomic mass is 16.1. The van der Waals surface area contributed by atoms with E-state index in [4.69, 9.17) is 0 Å². The molecule has 0 atom stereocenters. The Morgan fingerprint density at radius 1 is 0.852 bits per heavy atom. The van der Waals surface area contributed by atoms with E-state index in [9.17, 15) is 4.79 Å². The third-order valence-electron chi connectivity index (χ3n) is 4.70. The first-order chi connectivity index (χ1) is 12.8. The third kappa shape index (κ3) is 4.57. The van der Waals surface area contributed by atoms with Crippen molar-refractivity contribution in [2.75, 3.05) is 0 Å². The Hall–Kier alpha value is -2.61. The van der Waals surface area contributed by atoms with Crippen LogP contribution in [0.1, 0.15) is 61.8 Å². The summed E-state index contributed by atoms with van der Waals surface area (Å²) in [6.07, 6.45) is 0.904. The quantitative estimate of drug-likeness (QED) is 0.496. The van der Waals surface area contributed by atoms with Crippen LogP contribution in [0, 0.1) is 13.8 Å². The Morgan fingerprint density at radius 3 is 2.00 bits per heavy atom. The molecule has 1 heterocycles. The lowest BCUT2D eigenvalue weighted by Gasteiger charge is -2.19. The van der Waals surface area contributed by atoms with Gasteiger partial charge in [-0.25, -0.2) is 0 Å². The van der Waals surface area contributed by atoms with Crippen molar-refractivity contribution in [1.29, 1.82) is 0 Å². The summed E-state index contributed by atoms with van der Waals surface area (Å²) in [5.74, 6) is 0. The minimum Gasteiger partial charge on any atom is -0.352 e. The van der Waals surface area contributed by atoms with Crippen molar-refractivity contribution in [3.8, 4) is 22.4 Å². The molecule has 0 aliphatic rings. The van der Waals surface area contributed by atoms with Gasteiger partial charge in [0.2, 0.25) is 0 Å². The van der Waals surface area contributed by atoms with Crippen LogP contribution in [0.15, 0.2) is 48.5 Å². The molecule has 2 nitrogen and oxygen atoms in total. The number of hydrogen-bond acceptors (Lipinski definition) is 1. The Morgan fingerprint density at radius 2 is 1.48 bits per heavy atom. The summed E-state index contributed by atoms with van der Waals surface area (Å²) >= 11 is 0. The molecular weight excluding hydrogens is 330 g/mol. The Balaban J connectivity index is 0.00000126. The highest BCUT2D eigenvalue weighted by Gasteiger charge is 2.15. The molecule has 0 aliphatic heterocycles. The number of carbonyl (C=O) groups excluding carboxylic acids is 1. The molecule has 0 unspecified atom stereocenters. The fraction of sp³-hybridized carbons (Fsp3) is 0.320. The van der Waals surface area contributed by atoms with Gasteiger partial charge >= 0.3 is 0 Å². The maximum absolute atomic E-state index is 11.6. The fourth-order valence-corrected chi connectivity index (χ4v) is 3.21. The molecule has 142 valence electrons. The molecule has 27 heavy (non-hydrogen) atoms. The van der Waals surface area contributed by atoms with Crippen LogP contribution in [0.5, 0.6) is 0 Å². The van der Waals surface area contributed by atoms with E-state index in [-0.39, 0.29) is 5.41 Å². The average molecular weight is 362 g/mol. The van der Waals surface area contributed by atoms with Gasteiger partial charge in [-0.1, -0.05) is 82.6 Å². The number of aldehydes is 1. The minimum atomic E-state index is 0.131. The monoisotopic (exact) mass is 361 g/mol. The molecule has 0 radical (unpaired) electrons. The second-order valence-electron chi connectivity index (χ2n) is 7.77. The summed E-state index contributed by atoms with van der Waals surface area (Å²) in [4.78, 5) is 14.9. The normalized spacial score (nSPS) is 10.9. The third-order valence-corrected chi connectivity index (χ3v) is 4.70. The number of hydrogen-bond donors (Lipinski definition) is 1. The second kappa shape index (κ2) is 8.39. The number of nitrogens with one attached hydrogen (secondary N) is 1. The highest BCUT2D eigenvalue weighted by molar-refractivity contribution is 5.89. The van der Waals surface area contributed by atoms with Crippen LogP contribution in [0.2, 0.25) is 0 Å². The summed E-state index contributed by atoms with van der Waals surface area (Å²) in [5, 5.41) is 0. The SMILES string of the molecule is CC.Cc1ccc(-c2cc(-c3ccc(C(C)(C)C)cc3)[nH]c2C=O)c(C)c1. The number of rotatable bonds is 3. The first-order valence-electron chi connectivity index (χ1n) is 9.66. The molecule has 0 saturated heterocycles. The molecule has 1 N–H and O–H groups in total. The second-order valence-corrected chi connectivity index (χ2v) is 7.77. The zero-order valence-electron chi connectivity index (χ0n) is 17.6.